The van der Waals surface area contributed by atoms with Crippen LogP contribution < -0.4 is 10.5 Å². The predicted octanol–water partition coefficient (Wildman–Crippen LogP) is 3.60. The Morgan fingerprint density at radius 1 is 1.21 bits per heavy atom. The van der Waals surface area contributed by atoms with Gasteiger partial charge in [-0.2, -0.15) is 0 Å². The highest BCUT2D eigenvalue weighted by Crippen LogP contribution is 2.37. The summed E-state index contributed by atoms with van der Waals surface area (Å²) < 4.78 is 11.5. The average Bonchev–Trinajstić information content (AvgIpc) is 2.44. The second-order valence-electron chi connectivity index (χ2n) is 4.93. The number of benzene rings is 1. The Bertz CT molecular complexity index is 400. The van der Waals surface area contributed by atoms with Crippen molar-refractivity contribution in [2.45, 2.75) is 52.2 Å². The van der Waals surface area contributed by atoms with Gasteiger partial charge in [0.05, 0.1) is 18.8 Å². The van der Waals surface area contributed by atoms with Crippen LogP contribution in [0.25, 0.3) is 0 Å². The van der Waals surface area contributed by atoms with E-state index in [1.54, 1.807) is 7.11 Å². The molecule has 1 aromatic rings. The second kappa shape index (κ2) is 6.92. The molecule has 0 aliphatic carbocycles. The van der Waals surface area contributed by atoms with Crippen molar-refractivity contribution in [3.05, 3.63) is 29.3 Å². The molecule has 0 saturated heterocycles. The van der Waals surface area contributed by atoms with Gasteiger partial charge >= 0.3 is 0 Å². The molecule has 0 aliphatic heterocycles. The Hall–Kier alpha value is -1.06. The molecule has 0 amide bonds. The lowest BCUT2D eigenvalue weighted by molar-refractivity contribution is -0.0649. The average molecular weight is 265 g/mol. The van der Waals surface area contributed by atoms with Crippen LogP contribution in [0.5, 0.6) is 5.75 Å². The van der Waals surface area contributed by atoms with Crippen LogP contribution >= 0.6 is 0 Å². The molecule has 0 fully saturated rings. The van der Waals surface area contributed by atoms with Crippen molar-refractivity contribution >= 4 is 0 Å². The van der Waals surface area contributed by atoms with Gasteiger partial charge in [0.15, 0.2) is 0 Å². The molecular formula is C16H27NO2. The molecule has 3 heteroatoms. The van der Waals surface area contributed by atoms with Gasteiger partial charge in [0.2, 0.25) is 0 Å². The van der Waals surface area contributed by atoms with Gasteiger partial charge in [-0.3, -0.25) is 0 Å². The largest absolute Gasteiger partial charge is 0.496 e. The van der Waals surface area contributed by atoms with Gasteiger partial charge in [0.25, 0.3) is 0 Å². The monoisotopic (exact) mass is 265 g/mol. The molecule has 2 N–H and O–H groups in total. The van der Waals surface area contributed by atoms with Crippen molar-refractivity contribution in [1.82, 2.24) is 0 Å². The zero-order chi connectivity index (χ0) is 14.5. The fraction of sp³-hybridized carbons (Fsp3) is 0.625. The quantitative estimate of drug-likeness (QED) is 0.819. The summed E-state index contributed by atoms with van der Waals surface area (Å²) >= 11 is 0. The van der Waals surface area contributed by atoms with Gasteiger partial charge < -0.3 is 15.2 Å². The van der Waals surface area contributed by atoms with Gasteiger partial charge in [-0.15, -0.1) is 0 Å². The van der Waals surface area contributed by atoms with Crippen molar-refractivity contribution in [2.24, 2.45) is 5.73 Å². The summed E-state index contributed by atoms with van der Waals surface area (Å²) in [6, 6.07) is 5.93. The molecular weight excluding hydrogens is 238 g/mol. The van der Waals surface area contributed by atoms with Crippen molar-refractivity contribution in [1.29, 1.82) is 0 Å². The van der Waals surface area contributed by atoms with Crippen LogP contribution in [0.3, 0.4) is 0 Å². The zero-order valence-corrected chi connectivity index (χ0v) is 12.8. The minimum Gasteiger partial charge on any atom is -0.496 e. The first-order valence-electron chi connectivity index (χ1n) is 7.08. The van der Waals surface area contributed by atoms with E-state index in [-0.39, 0.29) is 11.6 Å². The molecule has 0 radical (unpaired) electrons. The van der Waals surface area contributed by atoms with Crippen molar-refractivity contribution in [2.75, 3.05) is 13.7 Å². The summed E-state index contributed by atoms with van der Waals surface area (Å²) in [5, 5.41) is 0. The molecule has 0 aliphatic rings. The van der Waals surface area contributed by atoms with E-state index < -0.39 is 0 Å². The number of rotatable bonds is 7. The van der Waals surface area contributed by atoms with E-state index in [1.165, 1.54) is 5.56 Å². The fourth-order valence-corrected chi connectivity index (χ4v) is 2.65. The van der Waals surface area contributed by atoms with Gasteiger partial charge in [-0.05, 0) is 32.8 Å². The lowest BCUT2D eigenvalue weighted by Crippen LogP contribution is -2.43. The molecule has 0 spiro atoms. The minimum absolute atomic E-state index is 0.183. The van der Waals surface area contributed by atoms with Crippen molar-refractivity contribution in [3.8, 4) is 5.75 Å². The summed E-state index contributed by atoms with van der Waals surface area (Å²) in [4.78, 5) is 0. The van der Waals surface area contributed by atoms with E-state index in [9.17, 15) is 0 Å². The third-order valence-electron chi connectivity index (χ3n) is 3.92. The van der Waals surface area contributed by atoms with Crippen LogP contribution in [0.4, 0.5) is 0 Å². The summed E-state index contributed by atoms with van der Waals surface area (Å²) in [5.74, 6) is 0.837. The van der Waals surface area contributed by atoms with Gasteiger partial charge in [-0.1, -0.05) is 31.5 Å². The van der Waals surface area contributed by atoms with Crippen LogP contribution in [0.1, 0.15) is 50.8 Å². The lowest BCUT2D eigenvalue weighted by atomic mass is 9.83. The van der Waals surface area contributed by atoms with Gasteiger partial charge in [0, 0.05) is 12.2 Å². The second-order valence-corrected chi connectivity index (χ2v) is 4.93. The van der Waals surface area contributed by atoms with Crippen molar-refractivity contribution < 1.29 is 9.47 Å². The predicted molar refractivity (Wildman–Crippen MR) is 79.6 cm³/mol. The summed E-state index contributed by atoms with van der Waals surface area (Å²) in [5.41, 5.74) is 8.41. The molecule has 0 heterocycles. The van der Waals surface area contributed by atoms with E-state index in [4.69, 9.17) is 15.2 Å². The number of methoxy groups -OCH3 is 1. The number of hydrogen-bond donors (Lipinski definition) is 1. The number of nitrogens with two attached hydrogens (primary N) is 1. The molecule has 0 saturated carbocycles. The maximum absolute atomic E-state index is 6.52. The van der Waals surface area contributed by atoms with E-state index in [2.05, 4.69) is 26.8 Å². The third kappa shape index (κ3) is 3.28. The summed E-state index contributed by atoms with van der Waals surface area (Å²) in [6.45, 7) is 9.00. The van der Waals surface area contributed by atoms with Gasteiger partial charge in [-0.25, -0.2) is 0 Å². The molecule has 1 unspecified atom stereocenters. The number of aryl methyl sites for hydroxylation is 1. The molecule has 0 bridgehead atoms. The highest BCUT2D eigenvalue weighted by Gasteiger charge is 2.36. The highest BCUT2D eigenvalue weighted by molar-refractivity contribution is 5.40. The van der Waals surface area contributed by atoms with Gasteiger partial charge in [0.1, 0.15) is 5.75 Å². The molecule has 0 aromatic heterocycles. The molecule has 1 rings (SSSR count). The molecule has 1 atom stereocenters. The van der Waals surface area contributed by atoms with Crippen LogP contribution in [0.2, 0.25) is 0 Å². The smallest absolute Gasteiger partial charge is 0.123 e. The number of hydrogen-bond acceptors (Lipinski definition) is 3. The normalized spacial score (nSPS) is 13.4. The molecule has 1 aromatic carbocycles. The molecule has 3 nitrogen and oxygen atoms in total. The summed E-state index contributed by atoms with van der Waals surface area (Å²) in [6.07, 6.45) is 1.77. The Kier molecular flexibility index (Phi) is 5.83. The zero-order valence-electron chi connectivity index (χ0n) is 12.8. The van der Waals surface area contributed by atoms with E-state index in [0.29, 0.717) is 6.61 Å². The van der Waals surface area contributed by atoms with E-state index >= 15 is 0 Å². The summed E-state index contributed by atoms with van der Waals surface area (Å²) in [7, 11) is 1.68. The maximum Gasteiger partial charge on any atom is 0.123 e. The Morgan fingerprint density at radius 3 is 2.32 bits per heavy atom. The number of ether oxygens (including phenoxy) is 2. The standard InChI is InChI=1S/C16H27NO2/c1-6-16(7-2,19-8-3)15(17)13-11-12(4)9-10-14(13)18-5/h9-11,15H,6-8,17H2,1-5H3. The molecule has 108 valence electrons. The fourth-order valence-electron chi connectivity index (χ4n) is 2.65. The van der Waals surface area contributed by atoms with Crippen LogP contribution in [0, 0.1) is 6.92 Å². The third-order valence-corrected chi connectivity index (χ3v) is 3.92. The first-order valence-corrected chi connectivity index (χ1v) is 7.08. The highest BCUT2D eigenvalue weighted by atomic mass is 16.5. The van der Waals surface area contributed by atoms with E-state index in [1.807, 2.05) is 19.1 Å². The minimum atomic E-state index is -0.324. The van der Waals surface area contributed by atoms with Crippen LogP contribution in [-0.2, 0) is 4.74 Å². The lowest BCUT2D eigenvalue weighted by Gasteiger charge is -2.38. The first-order chi connectivity index (χ1) is 9.04. The van der Waals surface area contributed by atoms with E-state index in [0.717, 1.165) is 24.2 Å². The Labute approximate surface area is 117 Å². The van der Waals surface area contributed by atoms with Crippen LogP contribution in [-0.4, -0.2) is 19.3 Å². The van der Waals surface area contributed by atoms with Crippen LogP contribution in [0.15, 0.2) is 18.2 Å². The maximum atomic E-state index is 6.52. The topological polar surface area (TPSA) is 44.5 Å². The SMILES string of the molecule is CCOC(CC)(CC)C(N)c1cc(C)ccc1OC. The Morgan fingerprint density at radius 2 is 1.84 bits per heavy atom. The Balaban J connectivity index is 3.22. The molecule has 19 heavy (non-hydrogen) atoms. The first kappa shape index (κ1) is 16.0. The van der Waals surface area contributed by atoms with Crippen molar-refractivity contribution in [3.63, 3.8) is 0 Å².